The molecule has 94 valence electrons. The van der Waals surface area contributed by atoms with Crippen molar-refractivity contribution in [1.82, 2.24) is 0 Å². The summed E-state index contributed by atoms with van der Waals surface area (Å²) in [7, 11) is 0. The highest BCUT2D eigenvalue weighted by molar-refractivity contribution is 5.35. The first kappa shape index (κ1) is 12.7. The minimum atomic E-state index is 0.377. The van der Waals surface area contributed by atoms with Crippen LogP contribution in [0.15, 0.2) is 48.5 Å². The van der Waals surface area contributed by atoms with E-state index in [2.05, 4.69) is 37.3 Å². The lowest BCUT2D eigenvalue weighted by atomic mass is 9.97. The number of aryl methyl sites for hydroxylation is 3. The molecule has 2 aromatic rings. The van der Waals surface area contributed by atoms with Gasteiger partial charge >= 0.3 is 0 Å². The summed E-state index contributed by atoms with van der Waals surface area (Å²) in [5.41, 5.74) is 4.01. The van der Waals surface area contributed by atoms with Crippen LogP contribution in [0, 0.1) is 0 Å². The van der Waals surface area contributed by atoms with Crippen molar-refractivity contribution >= 4 is 0 Å². The summed E-state index contributed by atoms with van der Waals surface area (Å²) < 4.78 is 0. The largest absolute Gasteiger partial charge is 0.508 e. The van der Waals surface area contributed by atoms with E-state index in [1.165, 1.54) is 16.7 Å². The number of phenolic OH excluding ortho intramolecular Hbond substituents is 1. The zero-order valence-electron chi connectivity index (χ0n) is 10.9. The average Bonchev–Trinajstić information content (AvgIpc) is 2.39. The van der Waals surface area contributed by atoms with Crippen LogP contribution in [0.4, 0.5) is 0 Å². The fourth-order valence-electron chi connectivity index (χ4n) is 2.28. The van der Waals surface area contributed by atoms with Crippen molar-refractivity contribution in [2.45, 2.75) is 32.6 Å². The van der Waals surface area contributed by atoms with E-state index in [-0.39, 0.29) is 0 Å². The Morgan fingerprint density at radius 1 is 0.833 bits per heavy atom. The van der Waals surface area contributed by atoms with Crippen molar-refractivity contribution in [2.24, 2.45) is 0 Å². The van der Waals surface area contributed by atoms with Crippen molar-refractivity contribution in [2.75, 3.05) is 0 Å². The molecule has 0 aliphatic rings. The molecular formula is C17H20O. The molecule has 0 aromatic heterocycles. The highest BCUT2D eigenvalue weighted by Gasteiger charge is 2.03. The molecule has 0 aliphatic heterocycles. The zero-order valence-corrected chi connectivity index (χ0v) is 10.9. The van der Waals surface area contributed by atoms with Gasteiger partial charge in [-0.15, -0.1) is 0 Å². The van der Waals surface area contributed by atoms with E-state index in [9.17, 15) is 5.11 Å². The van der Waals surface area contributed by atoms with Crippen LogP contribution in [-0.2, 0) is 19.3 Å². The van der Waals surface area contributed by atoms with E-state index < -0.39 is 0 Å². The van der Waals surface area contributed by atoms with Crippen LogP contribution in [0.25, 0.3) is 0 Å². The third kappa shape index (κ3) is 3.36. The van der Waals surface area contributed by atoms with Gasteiger partial charge in [0.2, 0.25) is 0 Å². The van der Waals surface area contributed by atoms with Crippen LogP contribution in [0.1, 0.15) is 30.0 Å². The Balaban J connectivity index is 2.09. The topological polar surface area (TPSA) is 20.2 Å². The first-order chi connectivity index (χ1) is 8.79. The van der Waals surface area contributed by atoms with E-state index in [1.54, 1.807) is 6.07 Å². The molecule has 0 unspecified atom stereocenters. The maximum Gasteiger partial charge on any atom is 0.115 e. The van der Waals surface area contributed by atoms with Gasteiger partial charge < -0.3 is 5.11 Å². The predicted molar refractivity (Wildman–Crippen MR) is 76.0 cm³/mol. The summed E-state index contributed by atoms with van der Waals surface area (Å²) in [4.78, 5) is 0. The molecule has 2 aromatic carbocycles. The Labute approximate surface area is 109 Å². The molecule has 2 rings (SSSR count). The number of rotatable bonds is 5. The van der Waals surface area contributed by atoms with Crippen LogP contribution in [0.2, 0.25) is 0 Å². The van der Waals surface area contributed by atoms with E-state index in [4.69, 9.17) is 0 Å². The Bertz CT molecular complexity index is 488. The molecule has 0 saturated carbocycles. The molecule has 0 fully saturated rings. The van der Waals surface area contributed by atoms with E-state index >= 15 is 0 Å². The van der Waals surface area contributed by atoms with Gasteiger partial charge in [0.25, 0.3) is 0 Å². The van der Waals surface area contributed by atoms with Crippen molar-refractivity contribution in [3.63, 3.8) is 0 Å². The van der Waals surface area contributed by atoms with Crippen LogP contribution in [-0.4, -0.2) is 5.11 Å². The summed E-state index contributed by atoms with van der Waals surface area (Å²) in [6.45, 7) is 2.17. The maximum absolute atomic E-state index is 9.55. The summed E-state index contributed by atoms with van der Waals surface area (Å²) >= 11 is 0. The van der Waals surface area contributed by atoms with Gasteiger partial charge in [0.1, 0.15) is 5.75 Å². The Morgan fingerprint density at radius 3 is 2.33 bits per heavy atom. The lowest BCUT2D eigenvalue weighted by molar-refractivity contribution is 0.474. The van der Waals surface area contributed by atoms with Gasteiger partial charge in [-0.2, -0.15) is 0 Å². The van der Waals surface area contributed by atoms with Crippen molar-refractivity contribution < 1.29 is 5.11 Å². The van der Waals surface area contributed by atoms with Crippen LogP contribution in [0.5, 0.6) is 5.75 Å². The molecule has 0 saturated heterocycles. The number of aromatic hydroxyl groups is 1. The van der Waals surface area contributed by atoms with Crippen molar-refractivity contribution in [1.29, 1.82) is 0 Å². The van der Waals surface area contributed by atoms with Gasteiger partial charge in [0.05, 0.1) is 0 Å². The molecule has 1 nitrogen and oxygen atoms in total. The van der Waals surface area contributed by atoms with Crippen LogP contribution >= 0.6 is 0 Å². The lowest BCUT2D eigenvalue weighted by Crippen LogP contribution is -1.97. The number of phenols is 1. The molecule has 0 aliphatic carbocycles. The second kappa shape index (κ2) is 6.25. The second-order valence-electron chi connectivity index (χ2n) is 4.69. The number of benzene rings is 2. The maximum atomic E-state index is 9.55. The number of hydrogen-bond donors (Lipinski definition) is 1. The van der Waals surface area contributed by atoms with Crippen LogP contribution < -0.4 is 0 Å². The predicted octanol–water partition coefficient (Wildman–Crippen LogP) is 4.13. The van der Waals surface area contributed by atoms with Gasteiger partial charge in [0, 0.05) is 0 Å². The lowest BCUT2D eigenvalue weighted by Gasteiger charge is -2.09. The van der Waals surface area contributed by atoms with Crippen molar-refractivity contribution in [3.8, 4) is 5.75 Å². The first-order valence-corrected chi connectivity index (χ1v) is 6.64. The Kier molecular flexibility index (Phi) is 4.40. The zero-order chi connectivity index (χ0) is 12.8. The first-order valence-electron chi connectivity index (χ1n) is 6.64. The molecular weight excluding hydrogens is 220 g/mol. The standard InChI is InChI=1S/C17H20O/c1-2-6-16-13-17(18)12-11-15(16)10-9-14-7-4-3-5-8-14/h3-5,7-8,11-13,18H,2,6,9-10H2,1H3. The highest BCUT2D eigenvalue weighted by atomic mass is 16.3. The van der Waals surface area contributed by atoms with E-state index in [0.717, 1.165) is 25.7 Å². The third-order valence-electron chi connectivity index (χ3n) is 3.24. The molecule has 0 radical (unpaired) electrons. The summed E-state index contributed by atoms with van der Waals surface area (Å²) in [6, 6.07) is 16.3. The smallest absolute Gasteiger partial charge is 0.115 e. The molecule has 0 spiro atoms. The minimum Gasteiger partial charge on any atom is -0.508 e. The second-order valence-corrected chi connectivity index (χ2v) is 4.69. The summed E-state index contributed by atoms with van der Waals surface area (Å²) in [5, 5.41) is 9.55. The van der Waals surface area contributed by atoms with Gasteiger partial charge in [-0.25, -0.2) is 0 Å². The van der Waals surface area contributed by atoms with E-state index in [0.29, 0.717) is 5.75 Å². The molecule has 1 heteroatoms. The number of hydrogen-bond acceptors (Lipinski definition) is 1. The third-order valence-corrected chi connectivity index (χ3v) is 3.24. The van der Waals surface area contributed by atoms with Crippen molar-refractivity contribution in [3.05, 3.63) is 65.2 Å². The van der Waals surface area contributed by atoms with E-state index in [1.807, 2.05) is 12.1 Å². The van der Waals surface area contributed by atoms with Crippen LogP contribution in [0.3, 0.4) is 0 Å². The average molecular weight is 240 g/mol. The molecule has 0 bridgehead atoms. The quantitative estimate of drug-likeness (QED) is 0.833. The molecule has 0 heterocycles. The molecule has 0 amide bonds. The summed E-state index contributed by atoms with van der Waals surface area (Å²) in [6.07, 6.45) is 4.25. The molecule has 18 heavy (non-hydrogen) atoms. The Hall–Kier alpha value is -1.76. The van der Waals surface area contributed by atoms with Gasteiger partial charge in [0.15, 0.2) is 0 Å². The van der Waals surface area contributed by atoms with Gasteiger partial charge in [-0.1, -0.05) is 49.7 Å². The highest BCUT2D eigenvalue weighted by Crippen LogP contribution is 2.20. The fraction of sp³-hybridized carbons (Fsp3) is 0.294. The molecule has 0 atom stereocenters. The minimum absolute atomic E-state index is 0.377. The fourth-order valence-corrected chi connectivity index (χ4v) is 2.28. The molecule has 1 N–H and O–H groups in total. The SMILES string of the molecule is CCCc1cc(O)ccc1CCc1ccccc1. The van der Waals surface area contributed by atoms with Gasteiger partial charge in [-0.3, -0.25) is 0 Å². The summed E-state index contributed by atoms with van der Waals surface area (Å²) in [5.74, 6) is 0.377. The normalized spacial score (nSPS) is 10.5. The van der Waals surface area contributed by atoms with Gasteiger partial charge in [-0.05, 0) is 48.1 Å². The Morgan fingerprint density at radius 2 is 1.61 bits per heavy atom. The monoisotopic (exact) mass is 240 g/mol.